The molecule has 1 aromatic rings. The summed E-state index contributed by atoms with van der Waals surface area (Å²) in [6.45, 7) is 2.00. The highest BCUT2D eigenvalue weighted by atomic mass is 16.4. The lowest BCUT2D eigenvalue weighted by molar-refractivity contribution is -0.170. The Morgan fingerprint density at radius 3 is 1.71 bits per heavy atom. The largest absolute Gasteiger partial charge is 0.481 e. The standard InChI is InChI=1S/C7H9N.C6H8O7/c1-6-4-2-3-5-7(6)8;7-3(8)1-6(13,5(11)12)2-4(9)10/h2-5H,8H2,1H3;13H,1-2H2,(H,7,8)(H,9,10)(H,11,12). The van der Waals surface area contributed by atoms with Crippen LogP contribution in [-0.2, 0) is 14.4 Å². The first kappa shape index (κ1) is 18.4. The zero-order chi connectivity index (χ0) is 16.6. The maximum atomic E-state index is 10.3. The molecule has 0 aliphatic heterocycles. The lowest BCUT2D eigenvalue weighted by Gasteiger charge is -2.18. The highest BCUT2D eigenvalue weighted by molar-refractivity contribution is 5.88. The Morgan fingerprint density at radius 2 is 1.48 bits per heavy atom. The number of hydrogen-bond acceptors (Lipinski definition) is 5. The highest BCUT2D eigenvalue weighted by Crippen LogP contribution is 2.15. The number of nitrogen functional groups attached to an aromatic ring is 1. The van der Waals surface area contributed by atoms with E-state index in [1.54, 1.807) is 0 Å². The van der Waals surface area contributed by atoms with E-state index in [4.69, 9.17) is 26.2 Å². The van der Waals surface area contributed by atoms with Crippen LogP contribution in [-0.4, -0.2) is 43.9 Å². The third-order valence-corrected chi connectivity index (χ3v) is 2.47. The molecule has 0 spiro atoms. The molecule has 21 heavy (non-hydrogen) atoms. The van der Waals surface area contributed by atoms with Gasteiger partial charge in [-0.2, -0.15) is 0 Å². The van der Waals surface area contributed by atoms with Crippen LogP contribution in [0.25, 0.3) is 0 Å². The number of carbonyl (C=O) groups is 3. The van der Waals surface area contributed by atoms with Crippen molar-refractivity contribution < 1.29 is 34.8 Å². The molecule has 116 valence electrons. The monoisotopic (exact) mass is 299 g/mol. The van der Waals surface area contributed by atoms with Gasteiger partial charge in [0.1, 0.15) is 0 Å². The molecule has 8 nitrogen and oxygen atoms in total. The Balaban J connectivity index is 0.000000423. The summed E-state index contributed by atoms with van der Waals surface area (Å²) < 4.78 is 0. The van der Waals surface area contributed by atoms with E-state index >= 15 is 0 Å². The van der Waals surface area contributed by atoms with Gasteiger partial charge in [-0.25, -0.2) is 4.79 Å². The van der Waals surface area contributed by atoms with E-state index in [1.807, 2.05) is 31.2 Å². The van der Waals surface area contributed by atoms with Crippen molar-refractivity contribution in [1.82, 2.24) is 0 Å². The maximum Gasteiger partial charge on any atom is 0.336 e. The number of aryl methyl sites for hydroxylation is 1. The van der Waals surface area contributed by atoms with Crippen LogP contribution in [0.4, 0.5) is 5.69 Å². The average Bonchev–Trinajstić information content (AvgIpc) is 2.31. The number of hydrogen-bond donors (Lipinski definition) is 5. The van der Waals surface area contributed by atoms with Crippen molar-refractivity contribution >= 4 is 23.6 Å². The predicted molar refractivity (Wildman–Crippen MR) is 72.7 cm³/mol. The van der Waals surface area contributed by atoms with Crippen molar-refractivity contribution in [3.8, 4) is 0 Å². The molecule has 0 heterocycles. The molecule has 0 amide bonds. The summed E-state index contributed by atoms with van der Waals surface area (Å²) in [5, 5.41) is 33.8. The van der Waals surface area contributed by atoms with E-state index < -0.39 is 36.4 Å². The third kappa shape index (κ3) is 6.92. The van der Waals surface area contributed by atoms with Crippen LogP contribution < -0.4 is 5.73 Å². The van der Waals surface area contributed by atoms with E-state index in [-0.39, 0.29) is 0 Å². The van der Waals surface area contributed by atoms with Crippen molar-refractivity contribution in [3.05, 3.63) is 29.8 Å². The second kappa shape index (κ2) is 7.85. The second-order valence-corrected chi connectivity index (χ2v) is 4.33. The van der Waals surface area contributed by atoms with Crippen molar-refractivity contribution in [1.29, 1.82) is 0 Å². The number of benzene rings is 1. The summed E-state index contributed by atoms with van der Waals surface area (Å²) in [4.78, 5) is 30.5. The molecule has 1 rings (SSSR count). The van der Waals surface area contributed by atoms with Crippen LogP contribution in [0.2, 0.25) is 0 Å². The number of rotatable bonds is 5. The molecule has 0 saturated carbocycles. The first-order valence-corrected chi connectivity index (χ1v) is 5.79. The quantitative estimate of drug-likeness (QED) is 0.486. The third-order valence-electron chi connectivity index (χ3n) is 2.47. The molecular weight excluding hydrogens is 282 g/mol. The van der Waals surface area contributed by atoms with Gasteiger partial charge in [0.05, 0.1) is 12.8 Å². The molecule has 1 aromatic carbocycles. The topological polar surface area (TPSA) is 158 Å². The fourth-order valence-electron chi connectivity index (χ4n) is 1.30. The molecule has 0 bridgehead atoms. The number of aliphatic carboxylic acids is 3. The van der Waals surface area contributed by atoms with Gasteiger partial charge in [0.25, 0.3) is 0 Å². The summed E-state index contributed by atoms with van der Waals surface area (Å²) >= 11 is 0. The number of para-hydroxylation sites is 1. The number of carboxylic acids is 3. The number of carboxylic acid groups (broad SMARTS) is 3. The normalized spacial score (nSPS) is 10.2. The van der Waals surface area contributed by atoms with Crippen LogP contribution in [0.1, 0.15) is 18.4 Å². The van der Waals surface area contributed by atoms with Gasteiger partial charge in [-0.3, -0.25) is 9.59 Å². The first-order valence-electron chi connectivity index (χ1n) is 5.79. The molecule has 0 aliphatic carbocycles. The summed E-state index contributed by atoms with van der Waals surface area (Å²) in [7, 11) is 0. The first-order chi connectivity index (χ1) is 9.58. The zero-order valence-electron chi connectivity index (χ0n) is 11.3. The van der Waals surface area contributed by atoms with Crippen molar-refractivity contribution in [2.24, 2.45) is 0 Å². The minimum Gasteiger partial charge on any atom is -0.481 e. The Hall–Kier alpha value is -2.61. The molecule has 0 fully saturated rings. The van der Waals surface area contributed by atoms with Gasteiger partial charge in [-0.1, -0.05) is 18.2 Å². The SMILES string of the molecule is Cc1ccccc1N.O=C(O)CC(O)(CC(=O)O)C(=O)O. The van der Waals surface area contributed by atoms with Gasteiger partial charge in [0.15, 0.2) is 5.60 Å². The molecule has 0 saturated heterocycles. The number of anilines is 1. The zero-order valence-corrected chi connectivity index (χ0v) is 11.3. The Morgan fingerprint density at radius 1 is 1.05 bits per heavy atom. The van der Waals surface area contributed by atoms with E-state index in [1.165, 1.54) is 0 Å². The average molecular weight is 299 g/mol. The van der Waals surface area contributed by atoms with Gasteiger partial charge in [-0.15, -0.1) is 0 Å². The van der Waals surface area contributed by atoms with Crippen molar-refractivity contribution in [3.63, 3.8) is 0 Å². The number of nitrogens with two attached hydrogens (primary N) is 1. The van der Waals surface area contributed by atoms with Crippen LogP contribution in [0.15, 0.2) is 24.3 Å². The van der Waals surface area contributed by atoms with Gasteiger partial charge in [0.2, 0.25) is 0 Å². The summed E-state index contributed by atoms with van der Waals surface area (Å²) in [5.41, 5.74) is 4.80. The van der Waals surface area contributed by atoms with Crippen molar-refractivity contribution in [2.75, 3.05) is 5.73 Å². The summed E-state index contributed by atoms with van der Waals surface area (Å²) in [5.74, 6) is -5.02. The minimum absolute atomic E-state index is 0.868. The van der Waals surface area contributed by atoms with Crippen LogP contribution in [0.3, 0.4) is 0 Å². The maximum absolute atomic E-state index is 10.3. The molecule has 0 aromatic heterocycles. The Bertz CT molecular complexity index is 490. The van der Waals surface area contributed by atoms with Crippen LogP contribution in [0.5, 0.6) is 0 Å². The van der Waals surface area contributed by atoms with E-state index in [9.17, 15) is 14.4 Å². The number of aliphatic hydroxyl groups is 1. The fraction of sp³-hybridized carbons (Fsp3) is 0.308. The van der Waals surface area contributed by atoms with Gasteiger partial charge < -0.3 is 26.2 Å². The Labute approximate surface area is 120 Å². The fourth-order valence-corrected chi connectivity index (χ4v) is 1.30. The lowest BCUT2D eigenvalue weighted by Crippen LogP contribution is -2.42. The van der Waals surface area contributed by atoms with Gasteiger partial charge >= 0.3 is 17.9 Å². The van der Waals surface area contributed by atoms with Gasteiger partial charge in [-0.05, 0) is 18.6 Å². The molecule has 0 radical (unpaired) electrons. The van der Waals surface area contributed by atoms with Crippen LogP contribution in [0, 0.1) is 6.92 Å². The second-order valence-electron chi connectivity index (χ2n) is 4.33. The summed E-state index contributed by atoms with van der Waals surface area (Å²) in [6, 6.07) is 7.80. The molecule has 0 aliphatic rings. The van der Waals surface area contributed by atoms with E-state index in [0.29, 0.717) is 0 Å². The smallest absolute Gasteiger partial charge is 0.336 e. The van der Waals surface area contributed by atoms with E-state index in [2.05, 4.69) is 0 Å². The minimum atomic E-state index is -2.74. The predicted octanol–water partition coefficient (Wildman–Crippen LogP) is 0.329. The summed E-state index contributed by atoms with van der Waals surface area (Å²) in [6.07, 6.45) is -2.29. The van der Waals surface area contributed by atoms with Crippen molar-refractivity contribution in [2.45, 2.75) is 25.4 Å². The molecule has 0 atom stereocenters. The molecule has 0 unspecified atom stereocenters. The van der Waals surface area contributed by atoms with Crippen LogP contribution >= 0.6 is 0 Å². The Kier molecular flexibility index (Phi) is 6.88. The lowest BCUT2D eigenvalue weighted by atomic mass is 9.96. The van der Waals surface area contributed by atoms with Gasteiger partial charge in [0, 0.05) is 5.69 Å². The highest BCUT2D eigenvalue weighted by Gasteiger charge is 2.40. The molecule has 8 heteroatoms. The van der Waals surface area contributed by atoms with E-state index in [0.717, 1.165) is 11.3 Å². The molecule has 6 N–H and O–H groups in total. The molecular formula is C13H17NO7.